The van der Waals surface area contributed by atoms with Crippen molar-refractivity contribution >= 4 is 162 Å². The van der Waals surface area contributed by atoms with Crippen LogP contribution >= 0.6 is 0 Å². The highest BCUT2D eigenvalue weighted by Gasteiger charge is 2.26. The monoisotopic (exact) mass is 1750 g/mol. The Morgan fingerprint density at radius 2 is 0.318 bits per heavy atom. The first-order valence-corrected chi connectivity index (χ1v) is 39.0. The normalized spacial score (nSPS) is 20.5. The van der Waals surface area contributed by atoms with E-state index in [-0.39, 0.29) is 0 Å². The molecule has 0 saturated carbocycles. The third kappa shape index (κ3) is 13.3. The van der Waals surface area contributed by atoms with Crippen molar-refractivity contribution in [2.75, 3.05) is 0 Å². The lowest BCUT2D eigenvalue weighted by Gasteiger charge is -2.20. The van der Waals surface area contributed by atoms with Crippen LogP contribution in [0.15, 0.2) is 508 Å². The summed E-state index contributed by atoms with van der Waals surface area (Å²) in [6.07, 6.45) is 0. The molecule has 0 amide bonds. The molecule has 0 aliphatic heterocycles. The van der Waals surface area contributed by atoms with E-state index in [0.29, 0.717) is 0 Å². The molecule has 612 valence electrons. The van der Waals surface area contributed by atoms with E-state index in [1.165, 1.54) is 0 Å². The van der Waals surface area contributed by atoms with E-state index in [1.54, 1.807) is 0 Å². The molecule has 0 aliphatic carbocycles. The third-order valence-corrected chi connectivity index (χ3v) is 21.4. The second-order valence-corrected chi connectivity index (χ2v) is 28.5. The van der Waals surface area contributed by atoms with E-state index in [1.807, 2.05) is 0 Å². The SMILES string of the molecule is [2H]c1c([2H])c([2H])c(-c2c3c([2H])c([2H])c([2H])c([2H])c3c(-c3c([2H])c4c([2H])c([2H])c([2H])c([2H])c4c4c([2H])c([2H])c([2H])c([2H])c34)c3c([2H])c(-c4c([2H])c([2H])c([2H])c5c([2H])c([2H])c([2H])c([2H])c45)c([2H])c([2H])c23)c([2H])c1[2H].[2H]c1c([2H])c([2H])c(-c2c3c([2H])c([2H])c([2H])c([2H])c3c(-c3c([2H])c4c([2H])c([2H])c([2H])c([2H])c4c4c([2H])c([2H])c([2H])c([2H])c34)c3c([2H])c(-c4c([2H])c([2H])c5c([2H])c([2H])c([2H])c([2H])c5c4[2H])c([2H])c([2H])c23)c([2H])c1[2H].[2H]c1c([2H])c([2H])c(-c2c3c([2H])c([2H])c([2H])c([2H])c3c(-c3c([2H])c4c([2H])c([2H])c([2H])c([2H])c4c4c([2H])c([2H])c([2H])c([2H])c34)c3c([2H])c([2H])c(-c4c([2H])c([2H])c5c([2H])c([2H])c([2H])c([2H])c5c4[2H])c([2H])c23)c([2H])c1[2H]. The fourth-order valence-electron chi connectivity index (χ4n) is 15.9. The van der Waals surface area contributed by atoms with Crippen molar-refractivity contribution in [1.29, 1.82) is 0 Å². The van der Waals surface area contributed by atoms with Crippen LogP contribution in [0.4, 0.5) is 0 Å². The second-order valence-electron chi connectivity index (χ2n) is 28.5. The van der Waals surface area contributed by atoms with Crippen LogP contribution in [0.1, 0.15) is 115 Å². The molecule has 27 aromatic rings. The smallest absolute Gasteiger partial charge is 0.0622 e. The van der Waals surface area contributed by atoms with Crippen LogP contribution in [0.25, 0.3) is 262 Å². The van der Waals surface area contributed by atoms with Gasteiger partial charge in [0.2, 0.25) is 0 Å². The van der Waals surface area contributed by atoms with Gasteiger partial charge < -0.3 is 0 Å². The van der Waals surface area contributed by atoms with Crippen LogP contribution in [0, 0.1) is 0 Å². The first kappa shape index (κ1) is 30.0. The zero-order valence-corrected chi connectivity index (χ0v) is 66.0. The number of hydrogen-bond donors (Lipinski definition) is 0. The highest BCUT2D eigenvalue weighted by atomic mass is 14.3. The van der Waals surface area contributed by atoms with E-state index < -0.39 is 769 Å². The Hall–Kier alpha value is -17.2. The number of benzene rings is 27. The molecule has 0 bridgehead atoms. The van der Waals surface area contributed by atoms with Gasteiger partial charge >= 0.3 is 0 Å². The molecule has 0 fully saturated rings. The molecule has 0 unspecified atom stereocenters. The molecule has 0 N–H and O–H groups in total. The summed E-state index contributed by atoms with van der Waals surface area (Å²) in [6, 6.07) is -81.6. The van der Waals surface area contributed by atoms with E-state index in [0.717, 1.165) is 0 Å². The van der Waals surface area contributed by atoms with Gasteiger partial charge in [0.1, 0.15) is 0 Å². The molecule has 0 spiro atoms. The Labute approximate surface area is 883 Å². The van der Waals surface area contributed by atoms with Crippen LogP contribution in [-0.4, -0.2) is 0 Å². The molecule has 0 radical (unpaired) electrons. The number of hydrogen-bond acceptors (Lipinski definition) is 0. The van der Waals surface area contributed by atoms with Gasteiger partial charge in [-0.05, 0) is 310 Å². The Kier molecular flexibility index (Phi) is 7.40. The minimum absolute atomic E-state index is 0.579. The topological polar surface area (TPSA) is 0 Å². The summed E-state index contributed by atoms with van der Waals surface area (Å²) < 4.78 is 758. The first-order valence-electron chi connectivity index (χ1n) is 81.0. The van der Waals surface area contributed by atoms with Crippen molar-refractivity contribution in [3.63, 3.8) is 0 Å². The van der Waals surface area contributed by atoms with Gasteiger partial charge in [-0.2, -0.15) is 0 Å². The maximum Gasteiger partial charge on any atom is 0.0636 e. The fraction of sp³-hybridized carbons (Fsp3) is 0. The average Bonchev–Trinajstić information content (AvgIpc) is 0.672. The Balaban J connectivity index is 0.000000154. The summed E-state index contributed by atoms with van der Waals surface area (Å²) >= 11 is 0. The molecular formula is C132H84. The van der Waals surface area contributed by atoms with Crippen LogP contribution in [-0.2, 0) is 0 Å². The summed E-state index contributed by atoms with van der Waals surface area (Å²) in [5, 5.41) is -21.6. The Morgan fingerprint density at radius 1 is 0.0909 bits per heavy atom. The first-order chi connectivity index (χ1) is 100. The van der Waals surface area contributed by atoms with Gasteiger partial charge in [-0.15, -0.1) is 0 Å². The average molecular weight is 1750 g/mol. The highest BCUT2D eigenvalue weighted by Crippen LogP contribution is 2.53. The summed E-state index contributed by atoms with van der Waals surface area (Å²) in [7, 11) is 0. The maximum absolute atomic E-state index is 10.2. The van der Waals surface area contributed by atoms with Crippen molar-refractivity contribution in [3.05, 3.63) is 508 Å². The minimum atomic E-state index is -1.13. The van der Waals surface area contributed by atoms with Crippen molar-refractivity contribution < 1.29 is 115 Å². The molecule has 0 nitrogen and oxygen atoms in total. The molecular weight excluding hydrogens is 1590 g/mol. The molecule has 27 aromatic carbocycles. The van der Waals surface area contributed by atoms with E-state index in [2.05, 4.69) is 0 Å². The summed E-state index contributed by atoms with van der Waals surface area (Å²) in [4.78, 5) is 0. The predicted molar refractivity (Wildman–Crippen MR) is 571 cm³/mol. The van der Waals surface area contributed by atoms with Gasteiger partial charge in [0, 0.05) is 0 Å². The van der Waals surface area contributed by atoms with E-state index >= 15 is 0 Å². The minimum Gasteiger partial charge on any atom is -0.0622 e. The summed E-state index contributed by atoms with van der Waals surface area (Å²) in [6.45, 7) is 0. The fourth-order valence-corrected chi connectivity index (χ4v) is 15.9. The van der Waals surface area contributed by atoms with Crippen molar-refractivity contribution in [2.45, 2.75) is 0 Å². The Bertz CT molecular complexity index is 14800. The standard InChI is InChI=1S/3C44H28/c1-2-14-30(15-3-1)43-38-22-10-11-23-39(38)44(41-27-31-16-5-7-19-35(31)36-20-8-9-21-37(36)41)42-28-32(25-26-40(42)43)34-24-12-17-29-13-4-6-18-33(29)34;1-2-13-30(14-3-1)43-38-20-10-11-21-39(38)44(41-28-34-16-6-7-17-35(34)36-18-8-9-19-37(36)41)40-25-24-33(27-42(40)43)32-23-22-29-12-4-5-15-31(29)26-32;1-2-13-30(14-3-1)43-38-20-10-11-21-39(38)44(41-28-34-16-6-7-17-35(34)36-18-8-9-19-37(36)41)42-27-33(24-25-40(42)43)32-23-22-29-12-4-5-15-31(29)26-32/h3*1-28H/i3*1D,2D,3D,4D,5D,6D,7D,8D,9D,10D,11D,12D,13D,14D,15D,16D,17D,18D,19D,20D,21D,22D,23D,24D,25D,26D,27D,28D. The third-order valence-electron chi connectivity index (χ3n) is 21.4. The van der Waals surface area contributed by atoms with Crippen molar-refractivity contribution in [3.8, 4) is 100 Å². The zero-order valence-electron chi connectivity index (χ0n) is 150. The van der Waals surface area contributed by atoms with Gasteiger partial charge in [-0.25, -0.2) is 0 Å². The quantitative estimate of drug-likeness (QED) is 0.0998. The molecule has 0 aliphatic rings. The Morgan fingerprint density at radius 3 is 0.697 bits per heavy atom. The lowest BCUT2D eigenvalue weighted by molar-refractivity contribution is 1.65. The molecule has 0 atom stereocenters. The lowest BCUT2D eigenvalue weighted by Crippen LogP contribution is -1.93. The molecule has 0 heteroatoms. The van der Waals surface area contributed by atoms with Gasteiger partial charge in [0.25, 0.3) is 0 Å². The maximum atomic E-state index is 10.2. The number of fused-ring (bicyclic) bond motifs is 18. The van der Waals surface area contributed by atoms with Crippen LogP contribution in [0.3, 0.4) is 0 Å². The van der Waals surface area contributed by atoms with Crippen LogP contribution in [0.2, 0.25) is 0 Å². The molecule has 0 saturated heterocycles. The summed E-state index contributed by atoms with van der Waals surface area (Å²) in [5.74, 6) is 0. The number of rotatable bonds is 9. The second kappa shape index (κ2) is 32.6. The molecule has 0 aromatic heterocycles. The molecule has 0 heterocycles. The van der Waals surface area contributed by atoms with Gasteiger partial charge in [0.05, 0.1) is 115 Å². The van der Waals surface area contributed by atoms with E-state index in [9.17, 15) is 37.0 Å². The predicted octanol–water partition coefficient (Wildman–Crippen LogP) is 37.4. The molecule has 132 heavy (non-hydrogen) atoms. The van der Waals surface area contributed by atoms with Gasteiger partial charge in [-0.1, -0.05) is 459 Å². The van der Waals surface area contributed by atoms with Gasteiger partial charge in [0.15, 0.2) is 0 Å². The van der Waals surface area contributed by atoms with Crippen LogP contribution in [0.5, 0.6) is 0 Å². The van der Waals surface area contributed by atoms with E-state index in [4.69, 9.17) is 78.1 Å². The zero-order chi connectivity index (χ0) is 160. The largest absolute Gasteiger partial charge is 0.0636 e. The lowest BCUT2D eigenvalue weighted by atomic mass is 9.83. The van der Waals surface area contributed by atoms with Crippen molar-refractivity contribution in [2.24, 2.45) is 0 Å². The highest BCUT2D eigenvalue weighted by molar-refractivity contribution is 6.30. The van der Waals surface area contributed by atoms with Crippen molar-refractivity contribution in [1.82, 2.24) is 0 Å². The van der Waals surface area contributed by atoms with Crippen LogP contribution < -0.4 is 0 Å². The molecule has 27 rings (SSSR count). The van der Waals surface area contributed by atoms with Gasteiger partial charge in [-0.3, -0.25) is 0 Å². The summed E-state index contributed by atoms with van der Waals surface area (Å²) in [5.41, 5.74) is -15.0.